The van der Waals surface area contributed by atoms with Gasteiger partial charge in [-0.2, -0.15) is 0 Å². The van der Waals surface area contributed by atoms with Crippen molar-refractivity contribution in [2.24, 2.45) is 5.92 Å². The van der Waals surface area contributed by atoms with Crippen LogP contribution in [0.5, 0.6) is 0 Å². The quantitative estimate of drug-likeness (QED) is 0.810. The first-order valence-electron chi connectivity index (χ1n) is 8.42. The number of ether oxygens (including phenoxy) is 2. The molecular formula is C21H22O2. The van der Waals surface area contributed by atoms with Crippen LogP contribution in [0.4, 0.5) is 0 Å². The Morgan fingerprint density at radius 1 is 1.00 bits per heavy atom. The fourth-order valence-corrected chi connectivity index (χ4v) is 3.99. The fourth-order valence-electron chi connectivity index (χ4n) is 3.99. The first-order chi connectivity index (χ1) is 11.3. The fraction of sp³-hybridized carbons (Fsp3) is 0.333. The zero-order valence-electron chi connectivity index (χ0n) is 13.5. The van der Waals surface area contributed by atoms with Crippen molar-refractivity contribution in [3.63, 3.8) is 0 Å². The third kappa shape index (κ3) is 2.57. The van der Waals surface area contributed by atoms with Crippen molar-refractivity contribution in [1.29, 1.82) is 0 Å². The zero-order chi connectivity index (χ0) is 15.7. The van der Waals surface area contributed by atoms with E-state index in [1.165, 1.54) is 16.7 Å². The van der Waals surface area contributed by atoms with E-state index in [4.69, 9.17) is 9.47 Å². The number of hydrogen-bond acceptors (Lipinski definition) is 2. The minimum atomic E-state index is -0.533. The van der Waals surface area contributed by atoms with Gasteiger partial charge in [0, 0.05) is 12.0 Å². The summed E-state index contributed by atoms with van der Waals surface area (Å²) in [6.07, 6.45) is 3.01. The van der Waals surface area contributed by atoms with Gasteiger partial charge in [-0.15, -0.1) is 0 Å². The summed E-state index contributed by atoms with van der Waals surface area (Å²) < 4.78 is 12.6. The second kappa shape index (κ2) is 5.86. The molecule has 2 atom stereocenters. The lowest BCUT2D eigenvalue weighted by Gasteiger charge is -2.39. The van der Waals surface area contributed by atoms with Crippen LogP contribution in [0.3, 0.4) is 0 Å². The van der Waals surface area contributed by atoms with Crippen LogP contribution in [0.2, 0.25) is 0 Å². The maximum Gasteiger partial charge on any atom is 0.221 e. The third-order valence-electron chi connectivity index (χ3n) is 4.95. The minimum absolute atomic E-state index is 0.304. The molecule has 4 rings (SSSR count). The second-order valence-electron chi connectivity index (χ2n) is 6.46. The summed E-state index contributed by atoms with van der Waals surface area (Å²) in [4.78, 5) is 0. The Labute approximate surface area is 137 Å². The second-order valence-corrected chi connectivity index (χ2v) is 6.46. The summed E-state index contributed by atoms with van der Waals surface area (Å²) in [6.45, 7) is 2.86. The summed E-state index contributed by atoms with van der Waals surface area (Å²) in [5, 5.41) is 0. The number of hydrogen-bond donors (Lipinski definition) is 0. The highest BCUT2D eigenvalue weighted by Gasteiger charge is 2.51. The largest absolute Gasteiger partial charge is 0.466 e. The van der Waals surface area contributed by atoms with Crippen molar-refractivity contribution in [3.8, 4) is 0 Å². The maximum atomic E-state index is 6.38. The Morgan fingerprint density at radius 2 is 1.70 bits per heavy atom. The molecule has 0 aromatic heterocycles. The highest BCUT2D eigenvalue weighted by molar-refractivity contribution is 5.72. The van der Waals surface area contributed by atoms with Crippen molar-refractivity contribution < 1.29 is 9.47 Å². The maximum absolute atomic E-state index is 6.38. The monoisotopic (exact) mass is 306 g/mol. The van der Waals surface area contributed by atoms with Gasteiger partial charge in [0.15, 0.2) is 0 Å². The smallest absolute Gasteiger partial charge is 0.221 e. The molecule has 2 nitrogen and oxygen atoms in total. The molecule has 118 valence electrons. The van der Waals surface area contributed by atoms with Gasteiger partial charge in [-0.1, -0.05) is 60.7 Å². The topological polar surface area (TPSA) is 18.5 Å². The number of allylic oxidation sites excluding steroid dienone is 1. The van der Waals surface area contributed by atoms with Gasteiger partial charge in [0.25, 0.3) is 0 Å². The van der Waals surface area contributed by atoms with E-state index in [2.05, 4.69) is 67.6 Å². The predicted octanol–water partition coefficient (Wildman–Crippen LogP) is 4.81. The van der Waals surface area contributed by atoms with Crippen molar-refractivity contribution in [3.05, 3.63) is 77.5 Å². The van der Waals surface area contributed by atoms with Crippen LogP contribution in [0.1, 0.15) is 30.9 Å². The zero-order valence-corrected chi connectivity index (χ0v) is 13.5. The lowest BCUT2D eigenvalue weighted by atomic mass is 9.80. The van der Waals surface area contributed by atoms with Crippen LogP contribution in [0, 0.1) is 5.92 Å². The highest BCUT2D eigenvalue weighted by Crippen LogP contribution is 2.50. The van der Waals surface area contributed by atoms with Gasteiger partial charge in [-0.05, 0) is 30.9 Å². The van der Waals surface area contributed by atoms with E-state index >= 15 is 0 Å². The Kier molecular flexibility index (Phi) is 3.70. The van der Waals surface area contributed by atoms with Crippen LogP contribution in [0.25, 0.3) is 5.57 Å². The molecule has 0 saturated carbocycles. The van der Waals surface area contributed by atoms with Crippen LogP contribution in [0.15, 0.2) is 66.4 Å². The highest BCUT2D eigenvalue weighted by atomic mass is 16.7. The van der Waals surface area contributed by atoms with Crippen LogP contribution >= 0.6 is 0 Å². The molecule has 0 N–H and O–H groups in total. The molecule has 2 aromatic carbocycles. The SMILES string of the molecule is CC1=C(c2ccccc2)[C@H]2CCCO[C@@]2(Cc2ccccc2)O1. The number of fused-ring (bicyclic) bond motifs is 1. The van der Waals surface area contributed by atoms with Crippen LogP contribution < -0.4 is 0 Å². The van der Waals surface area contributed by atoms with Gasteiger partial charge in [0.1, 0.15) is 5.76 Å². The normalized spacial score (nSPS) is 26.7. The molecule has 0 unspecified atom stereocenters. The lowest BCUT2D eigenvalue weighted by Crippen LogP contribution is -2.45. The molecule has 2 aliphatic heterocycles. The third-order valence-corrected chi connectivity index (χ3v) is 4.95. The molecule has 2 heterocycles. The van der Waals surface area contributed by atoms with Gasteiger partial charge in [0.2, 0.25) is 5.79 Å². The van der Waals surface area contributed by atoms with E-state index in [-0.39, 0.29) is 0 Å². The molecule has 2 aromatic rings. The van der Waals surface area contributed by atoms with E-state index in [1.807, 2.05) is 0 Å². The van der Waals surface area contributed by atoms with Crippen molar-refractivity contribution in [1.82, 2.24) is 0 Å². The predicted molar refractivity (Wildman–Crippen MR) is 91.7 cm³/mol. The van der Waals surface area contributed by atoms with Gasteiger partial charge in [-0.3, -0.25) is 0 Å². The number of rotatable bonds is 3. The summed E-state index contributed by atoms with van der Waals surface area (Å²) >= 11 is 0. The molecule has 0 bridgehead atoms. The summed E-state index contributed by atoms with van der Waals surface area (Å²) in [7, 11) is 0. The van der Waals surface area contributed by atoms with Crippen molar-refractivity contribution in [2.45, 2.75) is 32.0 Å². The van der Waals surface area contributed by atoms with E-state index in [1.54, 1.807) is 0 Å². The van der Waals surface area contributed by atoms with E-state index in [0.29, 0.717) is 5.92 Å². The first-order valence-corrected chi connectivity index (χ1v) is 8.42. The molecule has 0 radical (unpaired) electrons. The molecule has 2 heteroatoms. The van der Waals surface area contributed by atoms with E-state index in [0.717, 1.165) is 31.6 Å². The van der Waals surface area contributed by atoms with E-state index in [9.17, 15) is 0 Å². The Hall–Kier alpha value is -2.06. The molecule has 1 fully saturated rings. The van der Waals surface area contributed by atoms with Crippen molar-refractivity contribution >= 4 is 5.57 Å². The minimum Gasteiger partial charge on any atom is -0.466 e. The lowest BCUT2D eigenvalue weighted by molar-refractivity contribution is -0.240. The molecule has 0 spiro atoms. The van der Waals surface area contributed by atoms with E-state index < -0.39 is 5.79 Å². The van der Waals surface area contributed by atoms with Crippen molar-refractivity contribution in [2.75, 3.05) is 6.61 Å². The summed E-state index contributed by atoms with van der Waals surface area (Å²) in [5.41, 5.74) is 3.85. The van der Waals surface area contributed by atoms with Gasteiger partial charge < -0.3 is 9.47 Å². The average Bonchev–Trinajstić information content (AvgIpc) is 2.88. The number of benzene rings is 2. The van der Waals surface area contributed by atoms with Gasteiger partial charge >= 0.3 is 0 Å². The Balaban J connectivity index is 1.71. The van der Waals surface area contributed by atoms with Gasteiger partial charge in [-0.25, -0.2) is 0 Å². The molecule has 1 saturated heterocycles. The van der Waals surface area contributed by atoms with Crippen LogP contribution in [-0.2, 0) is 15.9 Å². The molecule has 2 aliphatic rings. The van der Waals surface area contributed by atoms with Gasteiger partial charge in [0.05, 0.1) is 12.5 Å². The Morgan fingerprint density at radius 3 is 2.43 bits per heavy atom. The average molecular weight is 306 g/mol. The molecule has 0 amide bonds. The molecule has 0 aliphatic carbocycles. The molecular weight excluding hydrogens is 284 g/mol. The molecule has 23 heavy (non-hydrogen) atoms. The Bertz CT molecular complexity index is 705. The van der Waals surface area contributed by atoms with Crippen LogP contribution in [-0.4, -0.2) is 12.4 Å². The first kappa shape index (κ1) is 14.5. The summed E-state index contributed by atoms with van der Waals surface area (Å²) in [5.74, 6) is 0.785. The standard InChI is InChI=1S/C21H22O2/c1-16-20(18-11-6-3-7-12-18)19-13-8-14-22-21(19,23-16)15-17-9-4-2-5-10-17/h2-7,9-12,19H,8,13-15H2,1H3/t19-,21+/m1/s1. The summed E-state index contributed by atoms with van der Waals surface area (Å²) in [6, 6.07) is 21.1.